The number of benzene rings is 2. The van der Waals surface area contributed by atoms with Crippen molar-refractivity contribution in [3.8, 4) is 0 Å². The highest BCUT2D eigenvalue weighted by molar-refractivity contribution is 6.32. The first-order chi connectivity index (χ1) is 11.1. The minimum absolute atomic E-state index is 0.150. The first-order valence-electron chi connectivity index (χ1n) is 7.24. The van der Waals surface area contributed by atoms with E-state index in [2.05, 4.69) is 5.10 Å². The number of anilines is 1. The van der Waals surface area contributed by atoms with E-state index in [1.165, 1.54) is 5.01 Å². The summed E-state index contributed by atoms with van der Waals surface area (Å²) in [6.07, 6.45) is 5.61. The minimum Gasteiger partial charge on any atom is -0.267 e. The quantitative estimate of drug-likeness (QED) is 0.754. The van der Waals surface area contributed by atoms with Crippen LogP contribution in [0.3, 0.4) is 0 Å². The molecule has 23 heavy (non-hydrogen) atoms. The molecule has 0 bridgehead atoms. The number of amides is 1. The summed E-state index contributed by atoms with van der Waals surface area (Å²) in [6.45, 7) is 1.82. The average molecular weight is 323 g/mol. The molecular weight excluding hydrogens is 308 g/mol. The van der Waals surface area contributed by atoms with E-state index in [0.717, 1.165) is 5.56 Å². The third-order valence-electron chi connectivity index (χ3n) is 3.47. The Hall–Kier alpha value is -2.65. The standard InChI is InChI=1S/C19H15ClN2O/c1-14-18(12-5-9-15-7-3-2-4-8-15)19(23)22(21-14)17-11-6-10-16(20)13-17/h2-13H,1H3/b9-5+,18-12-. The number of hydrazone groups is 1. The van der Waals surface area contributed by atoms with Crippen LogP contribution in [0, 0.1) is 0 Å². The molecule has 0 saturated heterocycles. The highest BCUT2D eigenvalue weighted by Gasteiger charge is 2.28. The van der Waals surface area contributed by atoms with Gasteiger partial charge in [-0.25, -0.2) is 0 Å². The number of halogens is 1. The van der Waals surface area contributed by atoms with E-state index in [4.69, 9.17) is 11.6 Å². The van der Waals surface area contributed by atoms with Crippen LogP contribution in [-0.2, 0) is 4.79 Å². The van der Waals surface area contributed by atoms with Gasteiger partial charge in [-0.15, -0.1) is 0 Å². The van der Waals surface area contributed by atoms with Crippen LogP contribution in [0.4, 0.5) is 5.69 Å². The van der Waals surface area contributed by atoms with Crippen molar-refractivity contribution in [3.05, 3.63) is 82.9 Å². The lowest BCUT2D eigenvalue weighted by molar-refractivity contribution is -0.114. The molecule has 3 nitrogen and oxygen atoms in total. The fourth-order valence-electron chi connectivity index (χ4n) is 2.31. The zero-order valence-corrected chi connectivity index (χ0v) is 13.4. The van der Waals surface area contributed by atoms with E-state index in [1.807, 2.05) is 55.5 Å². The molecule has 1 aliphatic rings. The molecule has 2 aromatic carbocycles. The van der Waals surface area contributed by atoms with Crippen molar-refractivity contribution in [1.82, 2.24) is 0 Å². The Kier molecular flexibility index (Phi) is 4.40. The van der Waals surface area contributed by atoms with Gasteiger partial charge in [0.25, 0.3) is 5.91 Å². The SMILES string of the molecule is CC1=NN(c2cccc(Cl)c2)C(=O)/C1=C\C=C\c1ccccc1. The van der Waals surface area contributed by atoms with Crippen LogP contribution in [-0.4, -0.2) is 11.6 Å². The van der Waals surface area contributed by atoms with Gasteiger partial charge in [0, 0.05) is 5.02 Å². The third-order valence-corrected chi connectivity index (χ3v) is 3.70. The Labute approximate surface area is 140 Å². The van der Waals surface area contributed by atoms with E-state index >= 15 is 0 Å². The monoisotopic (exact) mass is 322 g/mol. The number of carbonyl (C=O) groups is 1. The zero-order chi connectivity index (χ0) is 16.2. The molecule has 2 aromatic rings. The molecule has 0 aromatic heterocycles. The van der Waals surface area contributed by atoms with E-state index < -0.39 is 0 Å². The molecule has 0 aliphatic carbocycles. The number of allylic oxidation sites excluding steroid dienone is 2. The van der Waals surface area contributed by atoms with Gasteiger partial charge in [-0.1, -0.05) is 60.2 Å². The fraction of sp³-hybridized carbons (Fsp3) is 0.0526. The van der Waals surface area contributed by atoms with Crippen molar-refractivity contribution in [2.75, 3.05) is 5.01 Å². The van der Waals surface area contributed by atoms with Gasteiger partial charge in [0.05, 0.1) is 17.0 Å². The average Bonchev–Trinajstić information content (AvgIpc) is 2.84. The van der Waals surface area contributed by atoms with Gasteiger partial charge >= 0.3 is 0 Å². The molecule has 0 N–H and O–H groups in total. The molecule has 0 spiro atoms. The Morgan fingerprint density at radius 1 is 1.09 bits per heavy atom. The Morgan fingerprint density at radius 3 is 2.61 bits per heavy atom. The largest absolute Gasteiger partial charge is 0.280 e. The van der Waals surface area contributed by atoms with Crippen LogP contribution in [0.15, 0.2) is 77.4 Å². The lowest BCUT2D eigenvalue weighted by Gasteiger charge is -2.11. The molecule has 1 aliphatic heterocycles. The lowest BCUT2D eigenvalue weighted by atomic mass is 10.1. The summed E-state index contributed by atoms with van der Waals surface area (Å²) in [5, 5.41) is 6.28. The maximum absolute atomic E-state index is 12.5. The summed E-state index contributed by atoms with van der Waals surface area (Å²) in [6, 6.07) is 17.0. The highest BCUT2D eigenvalue weighted by atomic mass is 35.5. The number of hydrogen-bond acceptors (Lipinski definition) is 2. The summed E-state index contributed by atoms with van der Waals surface area (Å²) in [5.41, 5.74) is 3.01. The van der Waals surface area contributed by atoms with Gasteiger partial charge in [0.1, 0.15) is 0 Å². The van der Waals surface area contributed by atoms with Crippen molar-refractivity contribution in [3.63, 3.8) is 0 Å². The van der Waals surface area contributed by atoms with Gasteiger partial charge in [0.2, 0.25) is 0 Å². The van der Waals surface area contributed by atoms with Gasteiger partial charge in [0.15, 0.2) is 0 Å². The molecule has 3 rings (SSSR count). The summed E-state index contributed by atoms with van der Waals surface area (Å²) in [7, 11) is 0. The summed E-state index contributed by atoms with van der Waals surface area (Å²) in [4.78, 5) is 12.5. The van der Waals surface area contributed by atoms with E-state index in [0.29, 0.717) is 22.0 Å². The number of rotatable bonds is 3. The van der Waals surface area contributed by atoms with Crippen LogP contribution in [0.2, 0.25) is 5.02 Å². The third kappa shape index (κ3) is 3.41. The van der Waals surface area contributed by atoms with E-state index in [-0.39, 0.29) is 5.91 Å². The molecule has 1 amide bonds. The number of hydrogen-bond donors (Lipinski definition) is 0. The molecule has 4 heteroatoms. The van der Waals surface area contributed by atoms with Crippen LogP contribution >= 0.6 is 11.6 Å². The molecule has 0 fully saturated rings. The van der Waals surface area contributed by atoms with Crippen molar-refractivity contribution in [1.29, 1.82) is 0 Å². The van der Waals surface area contributed by atoms with Crippen molar-refractivity contribution < 1.29 is 4.79 Å². The van der Waals surface area contributed by atoms with Crippen LogP contribution in [0.1, 0.15) is 12.5 Å². The molecular formula is C19H15ClN2O. The summed E-state index contributed by atoms with van der Waals surface area (Å²) < 4.78 is 0. The molecule has 114 valence electrons. The maximum Gasteiger partial charge on any atom is 0.280 e. The second-order valence-corrected chi connectivity index (χ2v) is 5.57. The molecule has 0 unspecified atom stereocenters. The lowest BCUT2D eigenvalue weighted by Crippen LogP contribution is -2.21. The molecule has 0 radical (unpaired) electrons. The van der Waals surface area contributed by atoms with Gasteiger partial charge in [-0.05, 0) is 36.8 Å². The Bertz CT molecular complexity index is 822. The second kappa shape index (κ2) is 6.63. The van der Waals surface area contributed by atoms with Crippen molar-refractivity contribution in [2.24, 2.45) is 5.10 Å². The van der Waals surface area contributed by atoms with Gasteiger partial charge in [-0.3, -0.25) is 4.79 Å². The molecule has 0 saturated carbocycles. The van der Waals surface area contributed by atoms with Crippen LogP contribution < -0.4 is 5.01 Å². The second-order valence-electron chi connectivity index (χ2n) is 5.13. The zero-order valence-electron chi connectivity index (χ0n) is 12.6. The van der Waals surface area contributed by atoms with Gasteiger partial charge < -0.3 is 0 Å². The normalized spacial score (nSPS) is 16.4. The predicted octanol–water partition coefficient (Wildman–Crippen LogP) is 4.70. The smallest absolute Gasteiger partial charge is 0.267 e. The first kappa shape index (κ1) is 15.3. The maximum atomic E-state index is 12.5. The number of nitrogens with zero attached hydrogens (tertiary/aromatic N) is 2. The Morgan fingerprint density at radius 2 is 1.87 bits per heavy atom. The Balaban J connectivity index is 1.83. The number of carbonyl (C=O) groups excluding carboxylic acids is 1. The topological polar surface area (TPSA) is 32.7 Å². The van der Waals surface area contributed by atoms with Crippen LogP contribution in [0.25, 0.3) is 6.08 Å². The van der Waals surface area contributed by atoms with Crippen molar-refractivity contribution >= 4 is 35.0 Å². The highest BCUT2D eigenvalue weighted by Crippen LogP contribution is 2.25. The molecule has 0 atom stereocenters. The predicted molar refractivity (Wildman–Crippen MR) is 95.6 cm³/mol. The fourth-order valence-corrected chi connectivity index (χ4v) is 2.50. The van der Waals surface area contributed by atoms with E-state index in [1.54, 1.807) is 24.3 Å². The summed E-state index contributed by atoms with van der Waals surface area (Å²) in [5.74, 6) is -0.150. The van der Waals surface area contributed by atoms with E-state index in [9.17, 15) is 4.79 Å². The molecule has 1 heterocycles. The first-order valence-corrected chi connectivity index (χ1v) is 7.62. The summed E-state index contributed by atoms with van der Waals surface area (Å²) >= 11 is 5.98. The van der Waals surface area contributed by atoms with Crippen molar-refractivity contribution in [2.45, 2.75) is 6.92 Å². The van der Waals surface area contributed by atoms with Crippen LogP contribution in [0.5, 0.6) is 0 Å². The minimum atomic E-state index is -0.150. The van der Waals surface area contributed by atoms with Gasteiger partial charge in [-0.2, -0.15) is 10.1 Å².